The minimum atomic E-state index is -3.88. The van der Waals surface area contributed by atoms with Gasteiger partial charge in [0.15, 0.2) is 0 Å². The minimum Gasteiger partial charge on any atom is -0.475 e. The highest BCUT2D eigenvalue weighted by atomic mass is 32.2. The van der Waals surface area contributed by atoms with E-state index in [0.717, 1.165) is 15.9 Å². The number of rotatable bonds is 4. The van der Waals surface area contributed by atoms with E-state index in [1.807, 2.05) is 13.0 Å². The molecular formula is C14H15NO5S. The van der Waals surface area contributed by atoms with Crippen molar-refractivity contribution < 1.29 is 22.7 Å². The molecule has 0 bridgehead atoms. The van der Waals surface area contributed by atoms with Crippen molar-refractivity contribution in [3.05, 3.63) is 47.4 Å². The van der Waals surface area contributed by atoms with Gasteiger partial charge >= 0.3 is 5.97 Å². The predicted molar refractivity (Wildman–Crippen MR) is 77.2 cm³/mol. The summed E-state index contributed by atoms with van der Waals surface area (Å²) in [6.45, 7) is 3.28. The molecule has 112 valence electrons. The average Bonchev–Trinajstić information content (AvgIpc) is 2.81. The van der Waals surface area contributed by atoms with Crippen LogP contribution in [0.25, 0.3) is 0 Å². The molecule has 0 aliphatic carbocycles. The van der Waals surface area contributed by atoms with Crippen LogP contribution < -0.4 is 4.31 Å². The fraction of sp³-hybridized carbons (Fsp3) is 0.214. The van der Waals surface area contributed by atoms with Gasteiger partial charge in [0.2, 0.25) is 5.76 Å². The standard InChI is InChI=1S/C14H15NO5S/c1-9-5-4-6-11(7-9)15(3)21(18,19)13-8-12(14(16)17)20-10(13)2/h4-8H,1-3H3,(H,16,17). The molecule has 7 heteroatoms. The third-order valence-electron chi connectivity index (χ3n) is 3.09. The summed E-state index contributed by atoms with van der Waals surface area (Å²) in [6, 6.07) is 8.03. The first-order valence-corrected chi connectivity index (χ1v) is 7.57. The van der Waals surface area contributed by atoms with Crippen molar-refractivity contribution in [2.24, 2.45) is 0 Å². The van der Waals surface area contributed by atoms with Crippen molar-refractivity contribution in [1.82, 2.24) is 0 Å². The zero-order valence-electron chi connectivity index (χ0n) is 11.8. The van der Waals surface area contributed by atoms with Crippen molar-refractivity contribution in [2.45, 2.75) is 18.7 Å². The lowest BCUT2D eigenvalue weighted by Crippen LogP contribution is -2.26. The molecule has 2 aromatic rings. The molecule has 0 radical (unpaired) electrons. The van der Waals surface area contributed by atoms with Gasteiger partial charge in [-0.25, -0.2) is 13.2 Å². The normalized spacial score (nSPS) is 11.4. The van der Waals surface area contributed by atoms with E-state index < -0.39 is 21.8 Å². The Hall–Kier alpha value is -2.28. The second-order valence-corrected chi connectivity index (χ2v) is 6.59. The summed E-state index contributed by atoms with van der Waals surface area (Å²) in [5.74, 6) is -1.66. The van der Waals surface area contributed by atoms with Crippen LogP contribution in [0.1, 0.15) is 21.9 Å². The number of benzene rings is 1. The van der Waals surface area contributed by atoms with E-state index in [2.05, 4.69) is 0 Å². The molecule has 1 aromatic heterocycles. The van der Waals surface area contributed by atoms with E-state index in [4.69, 9.17) is 9.52 Å². The van der Waals surface area contributed by atoms with Crippen LogP contribution in [0.3, 0.4) is 0 Å². The van der Waals surface area contributed by atoms with E-state index in [-0.39, 0.29) is 10.7 Å². The van der Waals surface area contributed by atoms with Crippen LogP contribution in [0.15, 0.2) is 39.6 Å². The number of aryl methyl sites for hydroxylation is 2. The van der Waals surface area contributed by atoms with Crippen molar-refractivity contribution in [2.75, 3.05) is 11.4 Å². The Kier molecular flexibility index (Phi) is 3.78. The Morgan fingerprint density at radius 3 is 2.43 bits per heavy atom. The molecule has 0 aliphatic rings. The van der Waals surface area contributed by atoms with Gasteiger partial charge in [-0.2, -0.15) is 0 Å². The van der Waals surface area contributed by atoms with Gasteiger partial charge in [-0.05, 0) is 31.5 Å². The van der Waals surface area contributed by atoms with Gasteiger partial charge in [0.25, 0.3) is 10.0 Å². The summed E-state index contributed by atoms with van der Waals surface area (Å²) in [4.78, 5) is 10.7. The van der Waals surface area contributed by atoms with Gasteiger partial charge in [-0.1, -0.05) is 12.1 Å². The second-order valence-electron chi connectivity index (χ2n) is 4.65. The fourth-order valence-electron chi connectivity index (χ4n) is 1.94. The van der Waals surface area contributed by atoms with Crippen LogP contribution in [0.2, 0.25) is 0 Å². The molecule has 1 aromatic carbocycles. The summed E-state index contributed by atoms with van der Waals surface area (Å²) in [5, 5.41) is 8.88. The summed E-state index contributed by atoms with van der Waals surface area (Å²) in [7, 11) is -2.46. The first kappa shape index (κ1) is 15.1. The van der Waals surface area contributed by atoms with Crippen molar-refractivity contribution in [3.8, 4) is 0 Å². The maximum absolute atomic E-state index is 12.6. The van der Waals surface area contributed by atoms with Crippen LogP contribution in [-0.2, 0) is 10.0 Å². The first-order chi connectivity index (χ1) is 9.73. The van der Waals surface area contributed by atoms with Crippen molar-refractivity contribution in [3.63, 3.8) is 0 Å². The van der Waals surface area contributed by atoms with Crippen LogP contribution in [0.4, 0.5) is 5.69 Å². The van der Waals surface area contributed by atoms with Gasteiger partial charge in [0.05, 0.1) is 5.69 Å². The van der Waals surface area contributed by atoms with Gasteiger partial charge in [0.1, 0.15) is 10.7 Å². The molecule has 0 fully saturated rings. The van der Waals surface area contributed by atoms with Gasteiger partial charge < -0.3 is 9.52 Å². The van der Waals surface area contributed by atoms with Gasteiger partial charge in [-0.3, -0.25) is 4.31 Å². The van der Waals surface area contributed by atoms with Crippen LogP contribution >= 0.6 is 0 Å². The lowest BCUT2D eigenvalue weighted by molar-refractivity contribution is 0.0661. The number of hydrogen-bond acceptors (Lipinski definition) is 4. The quantitative estimate of drug-likeness (QED) is 0.937. The van der Waals surface area contributed by atoms with Gasteiger partial charge in [-0.15, -0.1) is 0 Å². The number of sulfonamides is 1. The van der Waals surface area contributed by atoms with Crippen LogP contribution in [0, 0.1) is 13.8 Å². The molecule has 0 saturated heterocycles. The number of nitrogens with zero attached hydrogens (tertiary/aromatic N) is 1. The third-order valence-corrected chi connectivity index (χ3v) is 4.98. The highest BCUT2D eigenvalue weighted by molar-refractivity contribution is 7.92. The van der Waals surface area contributed by atoms with E-state index in [9.17, 15) is 13.2 Å². The smallest absolute Gasteiger partial charge is 0.371 e. The molecule has 0 saturated carbocycles. The molecule has 21 heavy (non-hydrogen) atoms. The number of furan rings is 1. The van der Waals surface area contributed by atoms with E-state index in [1.165, 1.54) is 14.0 Å². The molecule has 6 nitrogen and oxygen atoms in total. The van der Waals surface area contributed by atoms with E-state index in [0.29, 0.717) is 5.69 Å². The zero-order valence-corrected chi connectivity index (χ0v) is 12.6. The number of carbonyl (C=O) groups is 1. The van der Waals surface area contributed by atoms with Crippen LogP contribution in [-0.4, -0.2) is 26.5 Å². The minimum absolute atomic E-state index is 0.0481. The number of hydrogen-bond donors (Lipinski definition) is 1. The molecular weight excluding hydrogens is 294 g/mol. The molecule has 0 amide bonds. The maximum Gasteiger partial charge on any atom is 0.371 e. The SMILES string of the molecule is Cc1cccc(N(C)S(=O)(=O)c2cc(C(=O)O)oc2C)c1. The maximum atomic E-state index is 12.6. The molecule has 0 aliphatic heterocycles. The van der Waals surface area contributed by atoms with Crippen LogP contribution in [0.5, 0.6) is 0 Å². The molecule has 0 spiro atoms. The Labute approximate surface area is 122 Å². The predicted octanol–water partition coefficient (Wildman–Crippen LogP) is 2.42. The van der Waals surface area contributed by atoms with Gasteiger partial charge in [0, 0.05) is 13.1 Å². The first-order valence-electron chi connectivity index (χ1n) is 6.13. The third kappa shape index (κ3) is 2.78. The Balaban J connectivity index is 2.49. The molecule has 1 heterocycles. The Morgan fingerprint density at radius 2 is 1.90 bits per heavy atom. The summed E-state index contributed by atoms with van der Waals surface area (Å²) in [5.41, 5.74) is 1.41. The summed E-state index contributed by atoms with van der Waals surface area (Å²) >= 11 is 0. The number of anilines is 1. The number of carboxylic acids is 1. The van der Waals surface area contributed by atoms with E-state index in [1.54, 1.807) is 18.2 Å². The monoisotopic (exact) mass is 309 g/mol. The lowest BCUT2D eigenvalue weighted by atomic mass is 10.2. The highest BCUT2D eigenvalue weighted by Crippen LogP contribution is 2.27. The average molecular weight is 309 g/mol. The highest BCUT2D eigenvalue weighted by Gasteiger charge is 2.28. The fourth-order valence-corrected chi connectivity index (χ4v) is 3.28. The Bertz CT molecular complexity index is 791. The summed E-state index contributed by atoms with van der Waals surface area (Å²) < 4.78 is 31.2. The molecule has 0 atom stereocenters. The summed E-state index contributed by atoms with van der Waals surface area (Å²) in [6.07, 6.45) is 0. The second kappa shape index (κ2) is 5.25. The van der Waals surface area contributed by atoms with Crippen molar-refractivity contribution in [1.29, 1.82) is 0 Å². The largest absolute Gasteiger partial charge is 0.475 e. The molecule has 0 unspecified atom stereocenters. The zero-order chi connectivity index (χ0) is 15.8. The Morgan fingerprint density at radius 1 is 1.24 bits per heavy atom. The molecule has 2 rings (SSSR count). The lowest BCUT2D eigenvalue weighted by Gasteiger charge is -2.19. The van der Waals surface area contributed by atoms with E-state index >= 15 is 0 Å². The van der Waals surface area contributed by atoms with Crippen molar-refractivity contribution >= 4 is 21.7 Å². The number of carboxylic acid groups (broad SMARTS) is 1. The topological polar surface area (TPSA) is 87.8 Å². The number of aromatic carboxylic acids is 1. The molecule has 1 N–H and O–H groups in total.